The van der Waals surface area contributed by atoms with Crippen LogP contribution in [-0.2, 0) is 15.1 Å². The number of fused-ring (bicyclic) bond motifs is 2. The van der Waals surface area contributed by atoms with E-state index in [1.165, 1.54) is 6.33 Å². The number of rotatable bonds is 8. The Kier molecular flexibility index (Phi) is 5.78. The molecule has 34 heavy (non-hydrogen) atoms. The summed E-state index contributed by atoms with van der Waals surface area (Å²) in [6.45, 7) is 5.40. The second-order valence-corrected chi connectivity index (χ2v) is 10.2. The van der Waals surface area contributed by atoms with E-state index >= 15 is 0 Å². The Morgan fingerprint density at radius 2 is 2.09 bits per heavy atom. The van der Waals surface area contributed by atoms with Crippen LogP contribution in [0.1, 0.15) is 39.5 Å². The van der Waals surface area contributed by atoms with Crippen LogP contribution in [0.5, 0.6) is 0 Å². The highest BCUT2D eigenvalue weighted by Crippen LogP contribution is 2.50. The smallest absolute Gasteiger partial charge is 0.157 e. The molecule has 4 atom stereocenters. The van der Waals surface area contributed by atoms with E-state index in [0.29, 0.717) is 37.8 Å². The van der Waals surface area contributed by atoms with E-state index in [0.717, 1.165) is 41.4 Å². The molecule has 1 saturated carbocycles. The minimum absolute atomic E-state index is 0.00546. The number of ketones is 1. The molecular formula is C25H29N7O2. The van der Waals surface area contributed by atoms with Crippen molar-refractivity contribution < 1.29 is 9.59 Å². The quantitative estimate of drug-likeness (QED) is 0.406. The SMILES string of the molecule is CC(C)CC(=O)C(C=O)N1C[C@@H]2C[C@@](CC#N)(n3cc(-c4ncnc5[nH]ccc45)cn3)C[C@@H]2C1. The summed E-state index contributed by atoms with van der Waals surface area (Å²) < 4.78 is 1.95. The fourth-order valence-corrected chi connectivity index (χ4v) is 5.98. The van der Waals surface area contributed by atoms with E-state index in [2.05, 4.69) is 26.1 Å². The molecule has 1 unspecified atom stereocenters. The number of H-pyrrole nitrogens is 1. The lowest BCUT2D eigenvalue weighted by Gasteiger charge is -2.30. The number of nitrogens with zero attached hydrogens (tertiary/aromatic N) is 6. The number of nitrogens with one attached hydrogen (secondary N) is 1. The summed E-state index contributed by atoms with van der Waals surface area (Å²) in [5.41, 5.74) is 2.09. The van der Waals surface area contributed by atoms with Gasteiger partial charge in [-0.1, -0.05) is 13.8 Å². The van der Waals surface area contributed by atoms with Crippen LogP contribution in [0, 0.1) is 29.1 Å². The molecule has 2 aliphatic rings. The van der Waals surface area contributed by atoms with Crippen molar-refractivity contribution in [3.63, 3.8) is 0 Å². The molecule has 176 valence electrons. The third-order valence-corrected chi connectivity index (χ3v) is 7.45. The van der Waals surface area contributed by atoms with Gasteiger partial charge >= 0.3 is 0 Å². The van der Waals surface area contributed by atoms with Crippen molar-refractivity contribution in [3.05, 3.63) is 31.0 Å². The lowest BCUT2D eigenvalue weighted by molar-refractivity contribution is -0.129. The summed E-state index contributed by atoms with van der Waals surface area (Å²) in [7, 11) is 0. The van der Waals surface area contributed by atoms with Gasteiger partial charge in [0.05, 0.1) is 29.9 Å². The van der Waals surface area contributed by atoms with Crippen LogP contribution in [0.2, 0.25) is 0 Å². The molecular weight excluding hydrogens is 430 g/mol. The van der Waals surface area contributed by atoms with Gasteiger partial charge in [-0.15, -0.1) is 0 Å². The van der Waals surface area contributed by atoms with E-state index in [4.69, 9.17) is 0 Å². The number of aromatic amines is 1. The van der Waals surface area contributed by atoms with Gasteiger partial charge < -0.3 is 9.78 Å². The molecule has 1 aliphatic heterocycles. The van der Waals surface area contributed by atoms with Crippen molar-refractivity contribution in [2.75, 3.05) is 13.1 Å². The van der Waals surface area contributed by atoms with Gasteiger partial charge in [0.1, 0.15) is 24.3 Å². The van der Waals surface area contributed by atoms with Crippen LogP contribution in [0.15, 0.2) is 31.0 Å². The Morgan fingerprint density at radius 1 is 1.32 bits per heavy atom. The summed E-state index contributed by atoms with van der Waals surface area (Å²) in [4.78, 5) is 38.3. The zero-order valence-electron chi connectivity index (χ0n) is 19.5. The van der Waals surface area contributed by atoms with Gasteiger partial charge in [-0.05, 0) is 36.7 Å². The lowest BCUT2D eigenvalue weighted by Crippen LogP contribution is -2.43. The van der Waals surface area contributed by atoms with E-state index in [9.17, 15) is 14.9 Å². The maximum Gasteiger partial charge on any atom is 0.157 e. The molecule has 0 bridgehead atoms. The molecule has 0 amide bonds. The summed E-state index contributed by atoms with van der Waals surface area (Å²) in [6.07, 6.45) is 10.4. The summed E-state index contributed by atoms with van der Waals surface area (Å²) in [6, 6.07) is 3.68. The maximum absolute atomic E-state index is 12.6. The molecule has 1 aliphatic carbocycles. The first-order valence-electron chi connectivity index (χ1n) is 11.9. The van der Waals surface area contributed by atoms with Crippen molar-refractivity contribution in [1.29, 1.82) is 5.26 Å². The minimum Gasteiger partial charge on any atom is -0.346 e. The predicted octanol–water partition coefficient (Wildman–Crippen LogP) is 2.95. The second-order valence-electron chi connectivity index (χ2n) is 10.2. The van der Waals surface area contributed by atoms with Crippen LogP contribution < -0.4 is 0 Å². The first-order chi connectivity index (χ1) is 16.4. The van der Waals surface area contributed by atoms with Crippen molar-refractivity contribution in [2.45, 2.75) is 51.1 Å². The molecule has 1 N–H and O–H groups in total. The number of hydrogen-bond acceptors (Lipinski definition) is 7. The van der Waals surface area contributed by atoms with Gasteiger partial charge in [-0.2, -0.15) is 10.4 Å². The van der Waals surface area contributed by atoms with Gasteiger partial charge in [0.25, 0.3) is 0 Å². The summed E-state index contributed by atoms with van der Waals surface area (Å²) >= 11 is 0. The standard InChI is InChI=1S/C25H29N7O2/c1-16(2)7-22(34)21(14-33)31-11-17-8-25(4-5-26,9-18(17)12-31)32-13-19(10-30-32)23-20-3-6-27-24(20)29-15-28-23/h3,6,10,13-18,21H,4,7-9,11-12H2,1-2H3,(H,27,28,29)/t17-,18+,21?,25+. The molecule has 3 aromatic rings. The average molecular weight is 460 g/mol. The fraction of sp³-hybridized carbons (Fsp3) is 0.520. The second kappa shape index (κ2) is 8.76. The highest BCUT2D eigenvalue weighted by atomic mass is 16.1. The molecule has 1 saturated heterocycles. The van der Waals surface area contributed by atoms with Gasteiger partial charge in [0.15, 0.2) is 5.78 Å². The molecule has 9 nitrogen and oxygen atoms in total. The fourth-order valence-electron chi connectivity index (χ4n) is 5.98. The summed E-state index contributed by atoms with van der Waals surface area (Å²) in [5.74, 6) is 0.888. The van der Waals surface area contributed by atoms with Crippen LogP contribution in [0.4, 0.5) is 0 Å². The predicted molar refractivity (Wildman–Crippen MR) is 125 cm³/mol. The van der Waals surface area contributed by atoms with Crippen LogP contribution >= 0.6 is 0 Å². The van der Waals surface area contributed by atoms with E-state index in [1.807, 2.05) is 41.9 Å². The molecule has 9 heteroatoms. The third-order valence-electron chi connectivity index (χ3n) is 7.45. The van der Waals surface area contributed by atoms with E-state index in [-0.39, 0.29) is 11.7 Å². The third kappa shape index (κ3) is 3.82. The normalized spacial score (nSPS) is 25.5. The topological polar surface area (TPSA) is 121 Å². The van der Waals surface area contributed by atoms with E-state index in [1.54, 1.807) is 6.20 Å². The highest BCUT2D eigenvalue weighted by molar-refractivity contribution is 5.97. The zero-order valence-corrected chi connectivity index (χ0v) is 19.5. The maximum atomic E-state index is 12.6. The number of carbonyl (C=O) groups is 2. The van der Waals surface area contributed by atoms with Crippen molar-refractivity contribution in [3.8, 4) is 17.3 Å². The number of carbonyl (C=O) groups excluding carboxylic acids is 2. The Bertz CT molecular complexity index is 1240. The average Bonchev–Trinajstić information content (AvgIpc) is 3.56. The van der Waals surface area contributed by atoms with Gasteiger partial charge in [-0.3, -0.25) is 14.4 Å². The monoisotopic (exact) mass is 459 g/mol. The molecule has 4 heterocycles. The van der Waals surface area contributed by atoms with Gasteiger partial charge in [-0.25, -0.2) is 9.97 Å². The van der Waals surface area contributed by atoms with Crippen molar-refractivity contribution >= 4 is 23.1 Å². The molecule has 0 spiro atoms. The molecule has 0 aromatic carbocycles. The van der Waals surface area contributed by atoms with Crippen LogP contribution in [-0.4, -0.2) is 60.8 Å². The first kappa shape index (κ1) is 22.4. The molecule has 3 aromatic heterocycles. The number of aromatic nitrogens is 5. The Balaban J connectivity index is 1.37. The van der Waals surface area contributed by atoms with Crippen molar-refractivity contribution in [1.82, 2.24) is 29.6 Å². The Labute approximate surface area is 198 Å². The van der Waals surface area contributed by atoms with Gasteiger partial charge in [0.2, 0.25) is 0 Å². The van der Waals surface area contributed by atoms with Crippen LogP contribution in [0.3, 0.4) is 0 Å². The number of hydrogen-bond donors (Lipinski definition) is 1. The highest BCUT2D eigenvalue weighted by Gasteiger charge is 2.52. The van der Waals surface area contributed by atoms with Crippen molar-refractivity contribution in [2.24, 2.45) is 17.8 Å². The molecule has 5 rings (SSSR count). The van der Waals surface area contributed by atoms with Crippen LogP contribution in [0.25, 0.3) is 22.3 Å². The first-order valence-corrected chi connectivity index (χ1v) is 11.9. The number of aldehydes is 1. The Hall–Kier alpha value is -3.38. The number of likely N-dealkylation sites (tertiary alicyclic amines) is 1. The largest absolute Gasteiger partial charge is 0.346 e. The van der Waals surface area contributed by atoms with E-state index < -0.39 is 11.6 Å². The van der Waals surface area contributed by atoms with Gasteiger partial charge in [0, 0.05) is 42.9 Å². The molecule has 2 fully saturated rings. The Morgan fingerprint density at radius 3 is 2.76 bits per heavy atom. The number of Topliss-reactive ketones (excluding diaryl/α,β-unsaturated/α-hetero) is 1. The minimum atomic E-state index is -0.656. The lowest BCUT2D eigenvalue weighted by atomic mass is 9.91. The summed E-state index contributed by atoms with van der Waals surface area (Å²) in [5, 5.41) is 15.3. The number of nitriles is 1. The zero-order chi connectivity index (χ0) is 23.9. The molecule has 0 radical (unpaired) electrons.